The number of halogens is 1. The van der Waals surface area contributed by atoms with Gasteiger partial charge < -0.3 is 5.11 Å². The summed E-state index contributed by atoms with van der Waals surface area (Å²) in [5.74, 6) is -0.791. The van der Waals surface area contributed by atoms with Crippen LogP contribution in [0.5, 0.6) is 0 Å². The second kappa shape index (κ2) is 6.30. The number of nitrogens with zero attached hydrogens (tertiary/aromatic N) is 1. The number of benzene rings is 1. The number of aliphatic hydroxyl groups is 1. The van der Waals surface area contributed by atoms with E-state index in [2.05, 4.69) is 0 Å². The van der Waals surface area contributed by atoms with Gasteiger partial charge in [0.05, 0.1) is 11.0 Å². The summed E-state index contributed by atoms with van der Waals surface area (Å²) in [6, 6.07) is 4.12. The lowest BCUT2D eigenvalue weighted by atomic mass is 10.0. The standard InChI is InChI=1S/C12H16FNO3/c1-2-4-10(15)8-7-9-5-3-6-11(12(9)13)14(16)17/h3,5-6,10,15H,2,4,7-8H2,1H3. The van der Waals surface area contributed by atoms with Crippen molar-refractivity contribution >= 4 is 5.69 Å². The number of nitro groups is 1. The summed E-state index contributed by atoms with van der Waals surface area (Å²) in [4.78, 5) is 9.80. The van der Waals surface area contributed by atoms with E-state index < -0.39 is 22.5 Å². The molecule has 0 bridgehead atoms. The fourth-order valence-electron chi connectivity index (χ4n) is 1.70. The van der Waals surface area contributed by atoms with Crippen molar-refractivity contribution in [1.82, 2.24) is 0 Å². The summed E-state index contributed by atoms with van der Waals surface area (Å²) in [5.41, 5.74) is -0.221. The maximum atomic E-state index is 13.6. The van der Waals surface area contributed by atoms with Crippen LogP contribution in [0.3, 0.4) is 0 Å². The number of aliphatic hydroxyl groups excluding tert-OH is 1. The molecule has 0 aliphatic rings. The van der Waals surface area contributed by atoms with E-state index in [1.165, 1.54) is 12.1 Å². The molecule has 0 heterocycles. The zero-order valence-electron chi connectivity index (χ0n) is 9.73. The van der Waals surface area contributed by atoms with Crippen LogP contribution in [0.2, 0.25) is 0 Å². The van der Waals surface area contributed by atoms with E-state index in [0.29, 0.717) is 19.3 Å². The van der Waals surface area contributed by atoms with E-state index in [0.717, 1.165) is 12.5 Å². The van der Waals surface area contributed by atoms with Crippen molar-refractivity contribution < 1.29 is 14.4 Å². The fourth-order valence-corrected chi connectivity index (χ4v) is 1.70. The SMILES string of the molecule is CCCC(O)CCc1cccc([N+](=O)[O-])c1F. The molecule has 17 heavy (non-hydrogen) atoms. The normalized spacial score (nSPS) is 12.4. The van der Waals surface area contributed by atoms with Crippen molar-refractivity contribution in [3.8, 4) is 0 Å². The number of hydrogen-bond donors (Lipinski definition) is 1. The zero-order valence-corrected chi connectivity index (χ0v) is 9.73. The summed E-state index contributed by atoms with van der Waals surface area (Å²) in [7, 11) is 0. The Hall–Kier alpha value is -1.49. The predicted octanol–water partition coefficient (Wildman–Crippen LogP) is 2.83. The third-order valence-corrected chi connectivity index (χ3v) is 2.62. The fraction of sp³-hybridized carbons (Fsp3) is 0.500. The van der Waals surface area contributed by atoms with Crippen molar-refractivity contribution in [3.05, 3.63) is 39.7 Å². The van der Waals surface area contributed by atoms with E-state index in [1.807, 2.05) is 6.92 Å². The molecule has 0 amide bonds. The van der Waals surface area contributed by atoms with Gasteiger partial charge in [0.25, 0.3) is 0 Å². The van der Waals surface area contributed by atoms with Crippen LogP contribution in [-0.2, 0) is 6.42 Å². The van der Waals surface area contributed by atoms with Gasteiger partial charge in [0.1, 0.15) is 0 Å². The van der Waals surface area contributed by atoms with Gasteiger partial charge in [0.2, 0.25) is 5.82 Å². The molecule has 1 atom stereocenters. The van der Waals surface area contributed by atoms with Crippen LogP contribution in [0.1, 0.15) is 31.7 Å². The Bertz CT molecular complexity index is 395. The van der Waals surface area contributed by atoms with Crippen molar-refractivity contribution in [3.63, 3.8) is 0 Å². The van der Waals surface area contributed by atoms with E-state index >= 15 is 0 Å². The molecular formula is C12H16FNO3. The number of hydrogen-bond acceptors (Lipinski definition) is 3. The van der Waals surface area contributed by atoms with E-state index in [9.17, 15) is 19.6 Å². The third-order valence-electron chi connectivity index (χ3n) is 2.62. The molecule has 1 aromatic carbocycles. The minimum Gasteiger partial charge on any atom is -0.393 e. The highest BCUT2D eigenvalue weighted by molar-refractivity contribution is 5.36. The summed E-state index contributed by atoms with van der Waals surface area (Å²) in [5, 5.41) is 20.1. The van der Waals surface area contributed by atoms with Gasteiger partial charge in [-0.3, -0.25) is 10.1 Å². The second-order valence-corrected chi connectivity index (χ2v) is 3.99. The van der Waals surface area contributed by atoms with Crippen molar-refractivity contribution in [2.45, 2.75) is 38.7 Å². The monoisotopic (exact) mass is 241 g/mol. The lowest BCUT2D eigenvalue weighted by Crippen LogP contribution is -2.08. The molecule has 0 radical (unpaired) electrons. The van der Waals surface area contributed by atoms with Gasteiger partial charge in [-0.05, 0) is 24.8 Å². The molecule has 5 heteroatoms. The summed E-state index contributed by atoms with van der Waals surface area (Å²) < 4.78 is 13.6. The van der Waals surface area contributed by atoms with Crippen LogP contribution < -0.4 is 0 Å². The Morgan fingerprint density at radius 1 is 1.47 bits per heavy atom. The van der Waals surface area contributed by atoms with Crippen LogP contribution in [0.25, 0.3) is 0 Å². The van der Waals surface area contributed by atoms with E-state index in [4.69, 9.17) is 0 Å². The van der Waals surface area contributed by atoms with E-state index in [-0.39, 0.29) is 5.56 Å². The molecule has 1 rings (SSSR count). The Labute approximate surface area is 99.2 Å². The summed E-state index contributed by atoms with van der Waals surface area (Å²) in [6.07, 6.45) is 1.79. The first-order valence-corrected chi connectivity index (χ1v) is 5.66. The van der Waals surface area contributed by atoms with Crippen LogP contribution in [0.4, 0.5) is 10.1 Å². The summed E-state index contributed by atoms with van der Waals surface area (Å²) in [6.45, 7) is 1.96. The van der Waals surface area contributed by atoms with E-state index in [1.54, 1.807) is 0 Å². The Morgan fingerprint density at radius 3 is 2.76 bits per heavy atom. The average Bonchev–Trinajstić information content (AvgIpc) is 2.27. The number of aryl methyl sites for hydroxylation is 1. The van der Waals surface area contributed by atoms with Crippen molar-refractivity contribution in [2.24, 2.45) is 0 Å². The first kappa shape index (κ1) is 13.6. The second-order valence-electron chi connectivity index (χ2n) is 3.99. The molecule has 0 fully saturated rings. The molecule has 0 saturated heterocycles. The van der Waals surface area contributed by atoms with Gasteiger partial charge in [-0.2, -0.15) is 4.39 Å². The lowest BCUT2D eigenvalue weighted by Gasteiger charge is -2.09. The molecule has 1 unspecified atom stereocenters. The Kier molecular flexibility index (Phi) is 5.03. The molecule has 94 valence electrons. The maximum Gasteiger partial charge on any atom is 0.305 e. The molecule has 0 aliphatic heterocycles. The highest BCUT2D eigenvalue weighted by Gasteiger charge is 2.17. The molecule has 0 saturated carbocycles. The molecule has 0 spiro atoms. The molecule has 4 nitrogen and oxygen atoms in total. The predicted molar refractivity (Wildman–Crippen MR) is 62.3 cm³/mol. The number of rotatable bonds is 6. The molecule has 1 aromatic rings. The van der Waals surface area contributed by atoms with Gasteiger partial charge in [-0.1, -0.05) is 25.5 Å². The van der Waals surface area contributed by atoms with Crippen molar-refractivity contribution in [1.29, 1.82) is 0 Å². The topological polar surface area (TPSA) is 63.4 Å². The van der Waals surface area contributed by atoms with Gasteiger partial charge >= 0.3 is 5.69 Å². The average molecular weight is 241 g/mol. The lowest BCUT2D eigenvalue weighted by molar-refractivity contribution is -0.387. The molecular weight excluding hydrogens is 225 g/mol. The van der Waals surface area contributed by atoms with Crippen LogP contribution in [0.15, 0.2) is 18.2 Å². The Balaban J connectivity index is 2.72. The molecule has 0 aromatic heterocycles. The minimum atomic E-state index is -0.791. The van der Waals surface area contributed by atoms with Gasteiger partial charge in [0, 0.05) is 6.07 Å². The zero-order chi connectivity index (χ0) is 12.8. The van der Waals surface area contributed by atoms with Gasteiger partial charge in [-0.25, -0.2) is 0 Å². The highest BCUT2D eigenvalue weighted by atomic mass is 19.1. The van der Waals surface area contributed by atoms with Gasteiger partial charge in [0.15, 0.2) is 0 Å². The van der Waals surface area contributed by atoms with Crippen LogP contribution in [-0.4, -0.2) is 16.1 Å². The van der Waals surface area contributed by atoms with Crippen LogP contribution >= 0.6 is 0 Å². The smallest absolute Gasteiger partial charge is 0.305 e. The van der Waals surface area contributed by atoms with Crippen molar-refractivity contribution in [2.75, 3.05) is 0 Å². The Morgan fingerprint density at radius 2 is 2.18 bits per heavy atom. The maximum absolute atomic E-state index is 13.6. The first-order chi connectivity index (χ1) is 8.06. The first-order valence-electron chi connectivity index (χ1n) is 5.66. The number of nitro benzene ring substituents is 1. The largest absolute Gasteiger partial charge is 0.393 e. The third kappa shape index (κ3) is 3.78. The highest BCUT2D eigenvalue weighted by Crippen LogP contribution is 2.21. The molecule has 0 aliphatic carbocycles. The van der Waals surface area contributed by atoms with Crippen LogP contribution in [0, 0.1) is 15.9 Å². The minimum absolute atomic E-state index is 0.286. The summed E-state index contributed by atoms with van der Waals surface area (Å²) >= 11 is 0. The van der Waals surface area contributed by atoms with Gasteiger partial charge in [-0.15, -0.1) is 0 Å². The molecule has 1 N–H and O–H groups in total. The quantitative estimate of drug-likeness (QED) is 0.615.